The largest absolute Gasteiger partial charge is 0.489 e. The van der Waals surface area contributed by atoms with Gasteiger partial charge in [-0.15, -0.1) is 0 Å². The van der Waals surface area contributed by atoms with Gasteiger partial charge in [-0.1, -0.05) is 45.0 Å². The lowest BCUT2D eigenvalue weighted by Crippen LogP contribution is -2.43. The number of ether oxygens (including phenoxy) is 3. The number of esters is 2. The Morgan fingerprint density at radius 2 is 1.55 bits per heavy atom. The van der Waals surface area contributed by atoms with Crippen molar-refractivity contribution in [1.82, 2.24) is 14.3 Å². The van der Waals surface area contributed by atoms with E-state index in [0.717, 1.165) is 21.4 Å². The molecule has 49 heavy (non-hydrogen) atoms. The van der Waals surface area contributed by atoms with E-state index in [2.05, 4.69) is 9.47 Å². The molecule has 0 amide bonds. The number of benzene rings is 1. The molecule has 1 aromatic carbocycles. The van der Waals surface area contributed by atoms with E-state index in [4.69, 9.17) is 32.3 Å². The normalized spacial score (nSPS) is 20.9. The molecule has 3 N–H and O–H groups in total. The number of rotatable bonds is 16. The standard InChI is InChI=1S/C27H35N3O17P2/c1-15(2)25(34)40-13-43-49(39,44-14-41-26(35)16(3)4)47-48(37,38)42-12-20-22(32)23(33)24(45-20)29-10-9-21(31)30(27(29)36)11-18-17-7-5-6-8-19(17)46-28-18/h5-10,15-16,20,22-24,32-33H,11-14H2,1-4H3,(H,37,38)/t20-,22?,23?,24-/m1/s1. The van der Waals surface area contributed by atoms with Crippen molar-refractivity contribution in [2.45, 2.75) is 58.8 Å². The molecular weight excluding hydrogens is 700 g/mol. The molecule has 1 fully saturated rings. The van der Waals surface area contributed by atoms with Gasteiger partial charge in [0.1, 0.15) is 24.0 Å². The Morgan fingerprint density at radius 3 is 2.16 bits per heavy atom. The van der Waals surface area contributed by atoms with Crippen LogP contribution in [0.1, 0.15) is 39.6 Å². The van der Waals surface area contributed by atoms with Gasteiger partial charge in [-0.3, -0.25) is 28.0 Å². The molecular formula is C27H35N3O17P2. The predicted molar refractivity (Wildman–Crippen MR) is 162 cm³/mol. The van der Waals surface area contributed by atoms with Crippen LogP contribution in [-0.4, -0.2) is 79.8 Å². The summed E-state index contributed by atoms with van der Waals surface area (Å²) in [6.45, 7) is 2.54. The van der Waals surface area contributed by atoms with E-state index in [-0.39, 0.29) is 12.2 Å². The monoisotopic (exact) mass is 735 g/mol. The van der Waals surface area contributed by atoms with Gasteiger partial charge in [-0.25, -0.2) is 23.0 Å². The molecule has 3 unspecified atom stereocenters. The Hall–Kier alpha value is -3.55. The molecule has 2 aromatic heterocycles. The first kappa shape index (κ1) is 38.3. The van der Waals surface area contributed by atoms with E-state index in [1.54, 1.807) is 24.3 Å². The van der Waals surface area contributed by atoms with E-state index < -0.39 is 95.4 Å². The summed E-state index contributed by atoms with van der Waals surface area (Å²) in [4.78, 5) is 59.7. The van der Waals surface area contributed by atoms with Gasteiger partial charge in [0.05, 0.1) is 25.0 Å². The summed E-state index contributed by atoms with van der Waals surface area (Å²) in [6.07, 6.45) is -5.80. The number of carbonyl (C=O) groups is 2. The summed E-state index contributed by atoms with van der Waals surface area (Å²) < 4.78 is 66.7. The molecule has 5 atom stereocenters. The highest BCUT2D eigenvalue weighted by molar-refractivity contribution is 7.61. The molecule has 22 heteroatoms. The number of phosphoric acid groups is 2. The number of nitrogens with zero attached hydrogens (tertiary/aromatic N) is 3. The van der Waals surface area contributed by atoms with Crippen LogP contribution in [0.4, 0.5) is 0 Å². The summed E-state index contributed by atoms with van der Waals surface area (Å²) in [5.41, 5.74) is -0.982. The van der Waals surface area contributed by atoms with Crippen LogP contribution in [0.3, 0.4) is 0 Å². The van der Waals surface area contributed by atoms with E-state index in [0.29, 0.717) is 11.0 Å². The smallest absolute Gasteiger partial charge is 0.438 e. The van der Waals surface area contributed by atoms with Gasteiger partial charge in [0.2, 0.25) is 13.6 Å². The lowest BCUT2D eigenvalue weighted by atomic mass is 10.1. The summed E-state index contributed by atoms with van der Waals surface area (Å²) in [6, 6.07) is 7.77. The van der Waals surface area contributed by atoms with Crippen LogP contribution >= 0.6 is 15.6 Å². The van der Waals surface area contributed by atoms with Crippen LogP contribution in [0.15, 0.2) is 50.6 Å². The zero-order chi connectivity index (χ0) is 36.1. The molecule has 0 saturated carbocycles. The van der Waals surface area contributed by atoms with Crippen molar-refractivity contribution in [2.75, 3.05) is 20.2 Å². The third-order valence-electron chi connectivity index (χ3n) is 6.84. The van der Waals surface area contributed by atoms with Gasteiger partial charge < -0.3 is 33.8 Å². The number of carbonyl (C=O) groups excluding carboxylic acids is 2. The SMILES string of the molecule is CC(C)C(=O)OCOP(=O)(OCOC(=O)C(C)C)OP(=O)(O)OC[C@H]1O[C@@H](n2ccc(=O)n(Cc3noc4ccccc34)c2=O)C(O)C1O. The lowest BCUT2D eigenvalue weighted by Gasteiger charge is -2.22. The highest BCUT2D eigenvalue weighted by Crippen LogP contribution is 2.63. The molecule has 0 radical (unpaired) electrons. The summed E-state index contributed by atoms with van der Waals surface area (Å²) in [7, 11) is -10.6. The Kier molecular flexibility index (Phi) is 12.5. The molecule has 1 saturated heterocycles. The van der Waals surface area contributed by atoms with Crippen molar-refractivity contribution in [1.29, 1.82) is 0 Å². The minimum absolute atomic E-state index is 0.270. The maximum Gasteiger partial charge on any atom is 0.489 e. The van der Waals surface area contributed by atoms with Gasteiger partial charge in [-0.05, 0) is 12.1 Å². The first-order valence-electron chi connectivity index (χ1n) is 14.6. The third-order valence-corrected chi connectivity index (χ3v) is 9.78. The van der Waals surface area contributed by atoms with E-state index in [1.807, 2.05) is 0 Å². The molecule has 3 aromatic rings. The van der Waals surface area contributed by atoms with Gasteiger partial charge in [-0.2, -0.15) is 4.31 Å². The number of hydrogen-bond acceptors (Lipinski definition) is 17. The molecule has 0 spiro atoms. The fraction of sp³-hybridized carbons (Fsp3) is 0.519. The van der Waals surface area contributed by atoms with Crippen LogP contribution in [-0.2, 0) is 57.4 Å². The summed E-state index contributed by atoms with van der Waals surface area (Å²) in [5, 5.41) is 25.8. The van der Waals surface area contributed by atoms with Crippen LogP contribution in [0, 0.1) is 11.8 Å². The number of aliphatic hydroxyl groups is 2. The fourth-order valence-electron chi connectivity index (χ4n) is 4.20. The zero-order valence-corrected chi connectivity index (χ0v) is 28.3. The minimum atomic E-state index is -5.44. The van der Waals surface area contributed by atoms with E-state index in [9.17, 15) is 43.4 Å². The summed E-state index contributed by atoms with van der Waals surface area (Å²) >= 11 is 0. The van der Waals surface area contributed by atoms with Crippen LogP contribution in [0.25, 0.3) is 11.0 Å². The molecule has 1 aliphatic heterocycles. The maximum atomic E-state index is 13.3. The number of fused-ring (bicyclic) bond motifs is 1. The molecule has 3 heterocycles. The van der Waals surface area contributed by atoms with Crippen LogP contribution in [0.2, 0.25) is 0 Å². The van der Waals surface area contributed by atoms with E-state index in [1.165, 1.54) is 27.7 Å². The highest BCUT2D eigenvalue weighted by Gasteiger charge is 2.47. The highest BCUT2D eigenvalue weighted by atomic mass is 31.3. The minimum Gasteiger partial charge on any atom is -0.438 e. The molecule has 0 aliphatic carbocycles. The van der Waals surface area contributed by atoms with E-state index >= 15 is 0 Å². The Morgan fingerprint density at radius 1 is 0.939 bits per heavy atom. The fourth-order valence-corrected chi connectivity index (χ4v) is 6.55. The third kappa shape index (κ3) is 9.58. The van der Waals surface area contributed by atoms with Crippen molar-refractivity contribution in [2.24, 2.45) is 11.8 Å². The Balaban J connectivity index is 1.44. The van der Waals surface area contributed by atoms with Gasteiger partial charge in [0.15, 0.2) is 11.8 Å². The summed E-state index contributed by atoms with van der Waals surface area (Å²) in [5.74, 6) is -2.81. The second-order valence-electron chi connectivity index (χ2n) is 11.1. The Labute approximate surface area is 277 Å². The van der Waals surface area contributed by atoms with Crippen molar-refractivity contribution >= 4 is 38.6 Å². The van der Waals surface area contributed by atoms with Gasteiger partial charge in [0, 0.05) is 17.6 Å². The molecule has 270 valence electrons. The average Bonchev–Trinajstić information content (AvgIpc) is 3.57. The lowest BCUT2D eigenvalue weighted by molar-refractivity contribution is -0.157. The topological polar surface area (TPSA) is 264 Å². The first-order chi connectivity index (χ1) is 23.0. The zero-order valence-electron chi connectivity index (χ0n) is 26.5. The number of aliphatic hydroxyl groups excluding tert-OH is 2. The van der Waals surface area contributed by atoms with Crippen LogP contribution in [0.5, 0.6) is 0 Å². The average molecular weight is 736 g/mol. The van der Waals surface area contributed by atoms with Crippen molar-refractivity contribution < 1.29 is 70.4 Å². The molecule has 20 nitrogen and oxygen atoms in total. The first-order valence-corrected chi connectivity index (χ1v) is 17.6. The second-order valence-corrected chi connectivity index (χ2v) is 14.4. The Bertz CT molecular complexity index is 1820. The molecule has 1 aliphatic rings. The van der Waals surface area contributed by atoms with Crippen molar-refractivity contribution in [3.05, 3.63) is 63.1 Å². The molecule has 4 rings (SSSR count). The number of hydrogen-bond donors (Lipinski definition) is 3. The van der Waals surface area contributed by atoms with Crippen LogP contribution < -0.4 is 11.2 Å². The van der Waals surface area contributed by atoms with Gasteiger partial charge >= 0.3 is 33.3 Å². The maximum absolute atomic E-state index is 13.3. The molecule has 0 bridgehead atoms. The predicted octanol–water partition coefficient (Wildman–Crippen LogP) is 1.41. The number of aromatic nitrogens is 3. The van der Waals surface area contributed by atoms with Gasteiger partial charge in [0.25, 0.3) is 5.56 Å². The quantitative estimate of drug-likeness (QED) is 0.107. The second kappa shape index (κ2) is 16.0. The number of para-hydroxylation sites is 1. The number of phosphoric ester groups is 2. The van der Waals surface area contributed by atoms with Crippen molar-refractivity contribution in [3.63, 3.8) is 0 Å². The van der Waals surface area contributed by atoms with Crippen molar-refractivity contribution in [3.8, 4) is 0 Å².